The van der Waals surface area contributed by atoms with Crippen LogP contribution >= 0.6 is 0 Å². The number of aryl methyl sites for hydroxylation is 1. The van der Waals surface area contributed by atoms with Gasteiger partial charge in [-0.3, -0.25) is 0 Å². The van der Waals surface area contributed by atoms with Crippen molar-refractivity contribution in [3.05, 3.63) is 29.3 Å². The van der Waals surface area contributed by atoms with Crippen molar-refractivity contribution in [2.45, 2.75) is 26.2 Å². The topological polar surface area (TPSA) is 38.7 Å². The number of aliphatic hydroxyl groups excluding tert-OH is 1. The molecule has 1 aromatic carbocycles. The number of hydrogen-bond acceptors (Lipinski definition) is 3. The summed E-state index contributed by atoms with van der Waals surface area (Å²) in [6.07, 6.45) is 0.225. The predicted molar refractivity (Wildman–Crippen MR) is 52.1 cm³/mol. The van der Waals surface area contributed by atoms with E-state index >= 15 is 0 Å². The summed E-state index contributed by atoms with van der Waals surface area (Å²) >= 11 is 0. The van der Waals surface area contributed by atoms with Crippen LogP contribution in [0.2, 0.25) is 0 Å². The van der Waals surface area contributed by atoms with Crippen molar-refractivity contribution < 1.29 is 14.6 Å². The molecule has 1 unspecified atom stereocenters. The Morgan fingerprint density at radius 2 is 2.36 bits per heavy atom. The van der Waals surface area contributed by atoms with Gasteiger partial charge in [0.05, 0.1) is 6.61 Å². The largest absolute Gasteiger partial charge is 0.464 e. The molecule has 1 aliphatic heterocycles. The van der Waals surface area contributed by atoms with Crippen molar-refractivity contribution in [3.63, 3.8) is 0 Å². The van der Waals surface area contributed by atoms with Crippen LogP contribution in [0.3, 0.4) is 0 Å². The van der Waals surface area contributed by atoms with E-state index in [-0.39, 0.29) is 12.9 Å². The van der Waals surface area contributed by atoms with Crippen LogP contribution in [-0.2, 0) is 11.3 Å². The van der Waals surface area contributed by atoms with Gasteiger partial charge in [-0.25, -0.2) is 0 Å². The average molecular weight is 194 g/mol. The first-order valence-corrected chi connectivity index (χ1v) is 4.78. The van der Waals surface area contributed by atoms with E-state index < -0.39 is 0 Å². The minimum absolute atomic E-state index is 0.0891. The van der Waals surface area contributed by atoms with Gasteiger partial charge in [0.1, 0.15) is 5.75 Å². The normalized spacial score (nSPS) is 20.0. The first-order chi connectivity index (χ1) is 6.79. The first kappa shape index (κ1) is 9.49. The summed E-state index contributed by atoms with van der Waals surface area (Å²) in [6.45, 7) is 2.70. The number of fused-ring (bicyclic) bond motifs is 1. The van der Waals surface area contributed by atoms with Crippen molar-refractivity contribution >= 4 is 0 Å². The Kier molecular flexibility index (Phi) is 2.70. The van der Waals surface area contributed by atoms with E-state index in [4.69, 9.17) is 14.6 Å². The summed E-state index contributed by atoms with van der Waals surface area (Å²) in [4.78, 5) is 0. The molecule has 1 aromatic rings. The maximum atomic E-state index is 8.75. The molecule has 1 N–H and O–H groups in total. The molecule has 0 fully saturated rings. The zero-order valence-corrected chi connectivity index (χ0v) is 8.19. The van der Waals surface area contributed by atoms with Gasteiger partial charge in [0.25, 0.3) is 0 Å². The minimum Gasteiger partial charge on any atom is -0.464 e. The van der Waals surface area contributed by atoms with Gasteiger partial charge in [-0.1, -0.05) is 17.7 Å². The van der Waals surface area contributed by atoms with Crippen LogP contribution < -0.4 is 4.74 Å². The highest BCUT2D eigenvalue weighted by molar-refractivity contribution is 5.37. The Morgan fingerprint density at radius 3 is 3.14 bits per heavy atom. The highest BCUT2D eigenvalue weighted by Gasteiger charge is 2.19. The van der Waals surface area contributed by atoms with Crippen LogP contribution in [0.5, 0.6) is 5.75 Å². The predicted octanol–water partition coefficient (Wildman–Crippen LogP) is 1.61. The molecule has 3 heteroatoms. The first-order valence-electron chi connectivity index (χ1n) is 4.78. The highest BCUT2D eigenvalue weighted by Crippen LogP contribution is 2.27. The van der Waals surface area contributed by atoms with E-state index in [1.807, 2.05) is 19.1 Å². The second-order valence-corrected chi connectivity index (χ2v) is 3.48. The Hall–Kier alpha value is -1.06. The minimum atomic E-state index is -0.296. The van der Waals surface area contributed by atoms with Crippen LogP contribution in [0.1, 0.15) is 17.5 Å². The lowest BCUT2D eigenvalue weighted by atomic mass is 10.1. The fraction of sp³-hybridized carbons (Fsp3) is 0.455. The summed E-state index contributed by atoms with van der Waals surface area (Å²) in [6, 6.07) is 6.03. The number of aliphatic hydroxyl groups is 1. The summed E-state index contributed by atoms with van der Waals surface area (Å²) < 4.78 is 11.0. The molecule has 0 bridgehead atoms. The van der Waals surface area contributed by atoms with Gasteiger partial charge < -0.3 is 14.6 Å². The monoisotopic (exact) mass is 194 g/mol. The van der Waals surface area contributed by atoms with Gasteiger partial charge in [-0.05, 0) is 13.0 Å². The van der Waals surface area contributed by atoms with Gasteiger partial charge >= 0.3 is 0 Å². The van der Waals surface area contributed by atoms with Crippen LogP contribution in [0, 0.1) is 6.92 Å². The number of benzene rings is 1. The average Bonchev–Trinajstić information content (AvgIpc) is 2.19. The molecule has 2 rings (SSSR count). The molecule has 0 saturated carbocycles. The fourth-order valence-electron chi connectivity index (χ4n) is 1.54. The molecular weight excluding hydrogens is 180 g/mol. The summed E-state index contributed by atoms with van der Waals surface area (Å²) in [5.41, 5.74) is 2.29. The molecule has 1 aliphatic rings. The van der Waals surface area contributed by atoms with Crippen molar-refractivity contribution in [3.8, 4) is 5.75 Å². The van der Waals surface area contributed by atoms with Gasteiger partial charge in [-0.2, -0.15) is 0 Å². The molecule has 14 heavy (non-hydrogen) atoms. The highest BCUT2D eigenvalue weighted by atomic mass is 16.7. The molecule has 3 nitrogen and oxygen atoms in total. The van der Waals surface area contributed by atoms with Gasteiger partial charge in [-0.15, -0.1) is 0 Å². The van der Waals surface area contributed by atoms with E-state index in [0.717, 1.165) is 11.3 Å². The molecule has 0 spiro atoms. The summed E-state index contributed by atoms with van der Waals surface area (Å²) in [5.74, 6) is 0.875. The molecule has 1 atom stereocenters. The van der Waals surface area contributed by atoms with E-state index in [1.54, 1.807) is 0 Å². The summed E-state index contributed by atoms with van der Waals surface area (Å²) in [5, 5.41) is 8.75. The Balaban J connectivity index is 2.15. The van der Waals surface area contributed by atoms with Crippen molar-refractivity contribution in [1.29, 1.82) is 0 Å². The van der Waals surface area contributed by atoms with Crippen LogP contribution in [-0.4, -0.2) is 18.0 Å². The Morgan fingerprint density at radius 1 is 1.50 bits per heavy atom. The second kappa shape index (κ2) is 3.98. The Labute approximate surface area is 83.3 Å². The van der Waals surface area contributed by atoms with E-state index in [0.29, 0.717) is 13.0 Å². The number of rotatable bonds is 2. The third-order valence-corrected chi connectivity index (χ3v) is 2.26. The molecule has 0 aromatic heterocycles. The molecule has 1 heterocycles. The second-order valence-electron chi connectivity index (χ2n) is 3.48. The van der Waals surface area contributed by atoms with Crippen molar-refractivity contribution in [2.75, 3.05) is 6.61 Å². The van der Waals surface area contributed by atoms with E-state index in [9.17, 15) is 0 Å². The lowest BCUT2D eigenvalue weighted by molar-refractivity contribution is -0.116. The lowest BCUT2D eigenvalue weighted by Gasteiger charge is -2.26. The van der Waals surface area contributed by atoms with E-state index in [2.05, 4.69) is 6.07 Å². The molecule has 0 radical (unpaired) electrons. The number of ether oxygens (including phenoxy) is 2. The van der Waals surface area contributed by atoms with Gasteiger partial charge in [0, 0.05) is 18.6 Å². The van der Waals surface area contributed by atoms with Crippen molar-refractivity contribution in [1.82, 2.24) is 0 Å². The van der Waals surface area contributed by atoms with Crippen molar-refractivity contribution in [2.24, 2.45) is 0 Å². The SMILES string of the molecule is Cc1ccc2c(c1)COC(CCO)O2. The standard InChI is InChI=1S/C11H14O3/c1-8-2-3-10-9(6-8)7-13-11(14-10)4-5-12/h2-3,6,11-12H,4-5,7H2,1H3. The zero-order chi connectivity index (χ0) is 9.97. The number of hydrogen-bond donors (Lipinski definition) is 1. The maximum Gasteiger partial charge on any atom is 0.202 e. The molecule has 76 valence electrons. The molecule has 0 amide bonds. The van der Waals surface area contributed by atoms with Gasteiger partial charge in [0.2, 0.25) is 6.29 Å². The fourth-order valence-corrected chi connectivity index (χ4v) is 1.54. The lowest BCUT2D eigenvalue weighted by Crippen LogP contribution is -2.26. The molecule has 0 aliphatic carbocycles. The van der Waals surface area contributed by atoms with Crippen LogP contribution in [0.4, 0.5) is 0 Å². The quantitative estimate of drug-likeness (QED) is 0.777. The Bertz CT molecular complexity index is 322. The third kappa shape index (κ3) is 1.89. The zero-order valence-electron chi connectivity index (χ0n) is 8.19. The molecular formula is C11H14O3. The summed E-state index contributed by atoms with van der Waals surface area (Å²) in [7, 11) is 0. The third-order valence-electron chi connectivity index (χ3n) is 2.26. The molecule has 0 saturated heterocycles. The van der Waals surface area contributed by atoms with Crippen LogP contribution in [0.15, 0.2) is 18.2 Å². The van der Waals surface area contributed by atoms with Crippen LogP contribution in [0.25, 0.3) is 0 Å². The maximum absolute atomic E-state index is 8.75. The smallest absolute Gasteiger partial charge is 0.202 e. The van der Waals surface area contributed by atoms with Gasteiger partial charge in [0.15, 0.2) is 0 Å². The van der Waals surface area contributed by atoms with E-state index in [1.165, 1.54) is 5.56 Å².